The Kier molecular flexibility index (Phi) is 4.70. The highest BCUT2D eigenvalue weighted by Gasteiger charge is 2.14. The number of halogens is 1. The lowest BCUT2D eigenvalue weighted by atomic mass is 10.1. The van der Waals surface area contributed by atoms with Gasteiger partial charge in [0.05, 0.1) is 0 Å². The SMILES string of the molecule is Cc1cc(F)ccc1C(=O)N(C)Cc1ccc(CN)cc1. The van der Waals surface area contributed by atoms with Gasteiger partial charge in [0, 0.05) is 25.7 Å². The molecule has 110 valence electrons. The molecule has 0 spiro atoms. The van der Waals surface area contributed by atoms with Crippen LogP contribution in [0.1, 0.15) is 27.0 Å². The summed E-state index contributed by atoms with van der Waals surface area (Å²) in [5, 5.41) is 0. The molecule has 0 aliphatic rings. The lowest BCUT2D eigenvalue weighted by Gasteiger charge is -2.18. The van der Waals surface area contributed by atoms with Crippen LogP contribution < -0.4 is 5.73 Å². The molecule has 0 radical (unpaired) electrons. The summed E-state index contributed by atoms with van der Waals surface area (Å²) >= 11 is 0. The van der Waals surface area contributed by atoms with Crippen molar-refractivity contribution in [3.63, 3.8) is 0 Å². The van der Waals surface area contributed by atoms with Gasteiger partial charge in [0.25, 0.3) is 5.91 Å². The van der Waals surface area contributed by atoms with Gasteiger partial charge in [-0.2, -0.15) is 0 Å². The molecule has 0 aliphatic heterocycles. The number of hydrogen-bond acceptors (Lipinski definition) is 2. The second-order valence-corrected chi connectivity index (χ2v) is 5.14. The maximum Gasteiger partial charge on any atom is 0.254 e. The largest absolute Gasteiger partial charge is 0.337 e. The van der Waals surface area contributed by atoms with Crippen LogP contribution in [0, 0.1) is 12.7 Å². The number of carbonyl (C=O) groups is 1. The molecule has 2 N–H and O–H groups in total. The van der Waals surface area contributed by atoms with Gasteiger partial charge in [-0.3, -0.25) is 4.79 Å². The molecular weight excluding hydrogens is 267 g/mol. The van der Waals surface area contributed by atoms with Gasteiger partial charge in [-0.25, -0.2) is 4.39 Å². The smallest absolute Gasteiger partial charge is 0.254 e. The molecule has 1 amide bonds. The van der Waals surface area contributed by atoms with E-state index in [-0.39, 0.29) is 11.7 Å². The summed E-state index contributed by atoms with van der Waals surface area (Å²) in [6.45, 7) is 2.74. The van der Waals surface area contributed by atoms with Crippen molar-refractivity contribution in [1.82, 2.24) is 4.90 Å². The van der Waals surface area contributed by atoms with Crippen LogP contribution in [0.3, 0.4) is 0 Å². The molecule has 0 aromatic heterocycles. The number of amides is 1. The van der Waals surface area contributed by atoms with E-state index in [1.54, 1.807) is 18.9 Å². The number of rotatable bonds is 4. The summed E-state index contributed by atoms with van der Waals surface area (Å²) in [7, 11) is 1.74. The molecule has 2 aromatic rings. The molecule has 0 heterocycles. The van der Waals surface area contributed by atoms with E-state index >= 15 is 0 Å². The van der Waals surface area contributed by atoms with Gasteiger partial charge in [0.1, 0.15) is 5.82 Å². The third-order valence-corrected chi connectivity index (χ3v) is 3.44. The van der Waals surface area contributed by atoms with Crippen molar-refractivity contribution < 1.29 is 9.18 Å². The normalized spacial score (nSPS) is 10.5. The molecule has 3 nitrogen and oxygen atoms in total. The van der Waals surface area contributed by atoms with Gasteiger partial charge in [0.2, 0.25) is 0 Å². The monoisotopic (exact) mass is 286 g/mol. The summed E-state index contributed by atoms with van der Waals surface area (Å²) < 4.78 is 13.1. The summed E-state index contributed by atoms with van der Waals surface area (Å²) in [6.07, 6.45) is 0. The topological polar surface area (TPSA) is 46.3 Å². The minimum Gasteiger partial charge on any atom is -0.337 e. The number of benzene rings is 2. The molecule has 0 bridgehead atoms. The number of carbonyl (C=O) groups excluding carboxylic acids is 1. The maximum absolute atomic E-state index is 13.1. The fraction of sp³-hybridized carbons (Fsp3) is 0.235. The van der Waals surface area contributed by atoms with Gasteiger partial charge in [-0.1, -0.05) is 24.3 Å². The summed E-state index contributed by atoms with van der Waals surface area (Å²) in [5.74, 6) is -0.445. The van der Waals surface area contributed by atoms with Crippen LogP contribution in [0.25, 0.3) is 0 Å². The van der Waals surface area contributed by atoms with Gasteiger partial charge < -0.3 is 10.6 Å². The molecule has 0 fully saturated rings. The van der Waals surface area contributed by atoms with Crippen LogP contribution in [0.4, 0.5) is 4.39 Å². The molecule has 0 aliphatic carbocycles. The number of nitrogens with two attached hydrogens (primary N) is 1. The third-order valence-electron chi connectivity index (χ3n) is 3.44. The van der Waals surface area contributed by atoms with E-state index in [9.17, 15) is 9.18 Å². The molecule has 4 heteroatoms. The second kappa shape index (κ2) is 6.50. The highest BCUT2D eigenvalue weighted by Crippen LogP contribution is 2.14. The highest BCUT2D eigenvalue weighted by atomic mass is 19.1. The van der Waals surface area contributed by atoms with Crippen molar-refractivity contribution in [2.24, 2.45) is 5.73 Å². The number of aryl methyl sites for hydroxylation is 1. The van der Waals surface area contributed by atoms with Crippen molar-refractivity contribution in [2.75, 3.05) is 7.05 Å². The fourth-order valence-corrected chi connectivity index (χ4v) is 2.20. The Morgan fingerprint density at radius 3 is 2.33 bits per heavy atom. The Morgan fingerprint density at radius 2 is 1.76 bits per heavy atom. The van der Waals surface area contributed by atoms with Crippen molar-refractivity contribution >= 4 is 5.91 Å². The lowest BCUT2D eigenvalue weighted by molar-refractivity contribution is 0.0784. The van der Waals surface area contributed by atoms with Crippen molar-refractivity contribution in [2.45, 2.75) is 20.0 Å². The predicted molar refractivity (Wildman–Crippen MR) is 81.3 cm³/mol. The summed E-state index contributed by atoms with van der Waals surface area (Å²) in [4.78, 5) is 14.0. The lowest BCUT2D eigenvalue weighted by Crippen LogP contribution is -2.26. The van der Waals surface area contributed by atoms with E-state index in [2.05, 4.69) is 0 Å². The van der Waals surface area contributed by atoms with E-state index in [0.717, 1.165) is 11.1 Å². The Hall–Kier alpha value is -2.20. The molecule has 0 atom stereocenters. The minimum absolute atomic E-state index is 0.115. The first-order valence-electron chi connectivity index (χ1n) is 6.80. The molecule has 2 aromatic carbocycles. The highest BCUT2D eigenvalue weighted by molar-refractivity contribution is 5.95. The maximum atomic E-state index is 13.1. The standard InChI is InChI=1S/C17H19FN2O/c1-12-9-15(18)7-8-16(12)17(21)20(2)11-14-5-3-13(10-19)4-6-14/h3-9H,10-11,19H2,1-2H3. The number of nitrogens with zero attached hydrogens (tertiary/aromatic N) is 1. The van der Waals surface area contributed by atoms with Crippen LogP contribution in [-0.4, -0.2) is 17.9 Å². The molecule has 21 heavy (non-hydrogen) atoms. The first-order valence-corrected chi connectivity index (χ1v) is 6.80. The molecule has 0 saturated carbocycles. The zero-order valence-corrected chi connectivity index (χ0v) is 12.3. The Bertz CT molecular complexity index is 638. The minimum atomic E-state index is -0.330. The molecule has 0 unspecified atom stereocenters. The average molecular weight is 286 g/mol. The van der Waals surface area contributed by atoms with Crippen LogP contribution in [0.15, 0.2) is 42.5 Å². The first kappa shape index (κ1) is 15.2. The Balaban J connectivity index is 2.11. The van der Waals surface area contributed by atoms with Crippen LogP contribution in [0.2, 0.25) is 0 Å². The second-order valence-electron chi connectivity index (χ2n) is 5.14. The summed E-state index contributed by atoms with van der Waals surface area (Å²) in [5.41, 5.74) is 8.82. The number of hydrogen-bond donors (Lipinski definition) is 1. The molecular formula is C17H19FN2O. The van der Waals surface area contributed by atoms with Crippen LogP contribution in [-0.2, 0) is 13.1 Å². The van der Waals surface area contributed by atoms with Crippen LogP contribution >= 0.6 is 0 Å². The molecule has 2 rings (SSSR count). The van der Waals surface area contributed by atoms with Gasteiger partial charge in [-0.15, -0.1) is 0 Å². The van der Waals surface area contributed by atoms with Gasteiger partial charge in [0.15, 0.2) is 0 Å². The molecule has 0 saturated heterocycles. The average Bonchev–Trinajstić information content (AvgIpc) is 2.47. The first-order chi connectivity index (χ1) is 10.0. The van der Waals surface area contributed by atoms with E-state index in [1.165, 1.54) is 18.2 Å². The van der Waals surface area contributed by atoms with E-state index in [0.29, 0.717) is 24.2 Å². The van der Waals surface area contributed by atoms with Crippen molar-refractivity contribution in [3.05, 3.63) is 70.5 Å². The zero-order valence-electron chi connectivity index (χ0n) is 12.3. The van der Waals surface area contributed by atoms with Crippen molar-refractivity contribution in [3.8, 4) is 0 Å². The van der Waals surface area contributed by atoms with E-state index in [1.807, 2.05) is 24.3 Å². The van der Waals surface area contributed by atoms with E-state index in [4.69, 9.17) is 5.73 Å². The quantitative estimate of drug-likeness (QED) is 0.939. The van der Waals surface area contributed by atoms with Crippen LogP contribution in [0.5, 0.6) is 0 Å². The third kappa shape index (κ3) is 3.67. The Labute approximate surface area is 124 Å². The predicted octanol–water partition coefficient (Wildman–Crippen LogP) is 2.87. The van der Waals surface area contributed by atoms with Crippen molar-refractivity contribution in [1.29, 1.82) is 0 Å². The Morgan fingerprint density at radius 1 is 1.14 bits per heavy atom. The summed E-state index contributed by atoms with van der Waals surface area (Å²) in [6, 6.07) is 12.0. The van der Waals surface area contributed by atoms with Gasteiger partial charge in [-0.05, 0) is 41.8 Å². The fourth-order valence-electron chi connectivity index (χ4n) is 2.20. The van der Waals surface area contributed by atoms with E-state index < -0.39 is 0 Å². The zero-order chi connectivity index (χ0) is 15.4. The van der Waals surface area contributed by atoms with Gasteiger partial charge >= 0.3 is 0 Å².